The lowest BCUT2D eigenvalue weighted by atomic mass is 9.95. The summed E-state index contributed by atoms with van der Waals surface area (Å²) < 4.78 is 19.5. The summed E-state index contributed by atoms with van der Waals surface area (Å²) in [7, 11) is -0.0851. The van der Waals surface area contributed by atoms with Crippen molar-refractivity contribution in [3.63, 3.8) is 0 Å². The lowest BCUT2D eigenvalue weighted by molar-refractivity contribution is -0.132. The molecule has 0 saturated carbocycles. The zero-order chi connectivity index (χ0) is 19.5. The van der Waals surface area contributed by atoms with Gasteiger partial charge >= 0.3 is 0 Å². The van der Waals surface area contributed by atoms with E-state index in [4.69, 9.17) is 9.94 Å². The van der Waals surface area contributed by atoms with Crippen molar-refractivity contribution in [2.75, 3.05) is 13.7 Å². The molecule has 1 unspecified atom stereocenters. The molecule has 1 aromatic carbocycles. The average Bonchev–Trinajstić information content (AvgIpc) is 3.03. The second-order valence-electron chi connectivity index (χ2n) is 7.17. The van der Waals surface area contributed by atoms with Gasteiger partial charge in [0.1, 0.15) is 22.8 Å². The van der Waals surface area contributed by atoms with Gasteiger partial charge in [-0.3, -0.25) is 14.8 Å². The van der Waals surface area contributed by atoms with Crippen LogP contribution in [0.5, 0.6) is 5.75 Å². The molecule has 26 heavy (non-hydrogen) atoms. The first-order valence-corrected chi connectivity index (χ1v) is 9.35. The van der Waals surface area contributed by atoms with E-state index in [2.05, 4.69) is 5.32 Å². The smallest absolute Gasteiger partial charge is 0.261 e. The van der Waals surface area contributed by atoms with Gasteiger partial charge in [-0.15, -0.1) is 0 Å². The highest BCUT2D eigenvalue weighted by atomic mass is 32.2. The van der Waals surface area contributed by atoms with Gasteiger partial charge in [-0.2, -0.15) is 0 Å². The average molecular weight is 383 g/mol. The number of methoxy groups -OCH3 is 1. The molecule has 1 aliphatic rings. The van der Waals surface area contributed by atoms with E-state index >= 15 is 0 Å². The van der Waals surface area contributed by atoms with E-state index in [1.807, 2.05) is 0 Å². The van der Waals surface area contributed by atoms with Gasteiger partial charge in [-0.1, -0.05) is 20.8 Å². The van der Waals surface area contributed by atoms with Crippen LogP contribution in [-0.2, 0) is 20.6 Å². The zero-order valence-corrected chi connectivity index (χ0v) is 16.1. The van der Waals surface area contributed by atoms with E-state index in [1.165, 1.54) is 11.4 Å². The SMILES string of the molecule is COc1ccc(S(=O)N2C[C@H](NC(=O)C(C)(C)C)C[C@@H]2C(=O)NO)cc1. The van der Waals surface area contributed by atoms with Crippen LogP contribution in [0.2, 0.25) is 0 Å². The van der Waals surface area contributed by atoms with E-state index in [0.717, 1.165) is 0 Å². The van der Waals surface area contributed by atoms with Gasteiger partial charge in [0.15, 0.2) is 0 Å². The molecule has 2 rings (SSSR count). The van der Waals surface area contributed by atoms with Crippen LogP contribution in [0.4, 0.5) is 0 Å². The van der Waals surface area contributed by atoms with Crippen molar-refractivity contribution in [3.8, 4) is 5.75 Å². The molecule has 9 heteroatoms. The number of nitrogens with zero attached hydrogens (tertiary/aromatic N) is 1. The Balaban J connectivity index is 2.18. The molecule has 1 aliphatic heterocycles. The van der Waals surface area contributed by atoms with Crippen LogP contribution < -0.4 is 15.5 Å². The number of rotatable bonds is 5. The van der Waals surface area contributed by atoms with Gasteiger partial charge < -0.3 is 10.1 Å². The van der Waals surface area contributed by atoms with Crippen molar-refractivity contribution in [2.45, 2.75) is 44.2 Å². The van der Waals surface area contributed by atoms with Crippen LogP contribution in [-0.4, -0.2) is 51.3 Å². The maximum absolute atomic E-state index is 12.9. The lowest BCUT2D eigenvalue weighted by Gasteiger charge is -2.22. The van der Waals surface area contributed by atoms with E-state index in [0.29, 0.717) is 10.6 Å². The van der Waals surface area contributed by atoms with Gasteiger partial charge in [-0.05, 0) is 30.7 Å². The summed E-state index contributed by atoms with van der Waals surface area (Å²) in [5.74, 6) is -0.172. The first kappa shape index (κ1) is 20.3. The monoisotopic (exact) mass is 383 g/mol. The number of ether oxygens (including phenoxy) is 1. The molecule has 0 aromatic heterocycles. The minimum Gasteiger partial charge on any atom is -0.497 e. The predicted octanol–water partition coefficient (Wildman–Crippen LogP) is 0.828. The molecule has 3 N–H and O–H groups in total. The largest absolute Gasteiger partial charge is 0.497 e. The van der Waals surface area contributed by atoms with Crippen LogP contribution in [0, 0.1) is 5.41 Å². The predicted molar refractivity (Wildman–Crippen MR) is 95.8 cm³/mol. The molecule has 8 nitrogen and oxygen atoms in total. The first-order chi connectivity index (χ1) is 12.2. The Morgan fingerprint density at radius 1 is 1.27 bits per heavy atom. The molecule has 0 radical (unpaired) electrons. The van der Waals surface area contributed by atoms with E-state index in [-0.39, 0.29) is 24.9 Å². The minimum atomic E-state index is -1.62. The molecule has 1 saturated heterocycles. The fraction of sp³-hybridized carbons (Fsp3) is 0.529. The zero-order valence-electron chi connectivity index (χ0n) is 15.3. The van der Waals surface area contributed by atoms with Gasteiger partial charge in [0.25, 0.3) is 5.91 Å². The number of hydrogen-bond acceptors (Lipinski definition) is 5. The number of benzene rings is 1. The third kappa shape index (κ3) is 4.60. The number of hydroxylamine groups is 1. The first-order valence-electron chi connectivity index (χ1n) is 8.25. The second-order valence-corrected chi connectivity index (χ2v) is 8.61. The molecule has 0 bridgehead atoms. The molecule has 2 amide bonds. The Hall–Kier alpha value is -1.97. The number of amides is 2. The summed E-state index contributed by atoms with van der Waals surface area (Å²) in [6.45, 7) is 5.62. The summed E-state index contributed by atoms with van der Waals surface area (Å²) >= 11 is 0. The maximum Gasteiger partial charge on any atom is 0.261 e. The van der Waals surface area contributed by atoms with Crippen molar-refractivity contribution < 1.29 is 23.7 Å². The van der Waals surface area contributed by atoms with Crippen LogP contribution in [0.3, 0.4) is 0 Å². The Labute approximate surface area is 155 Å². The molecule has 3 atom stereocenters. The van der Waals surface area contributed by atoms with Crippen LogP contribution in [0.25, 0.3) is 0 Å². The lowest BCUT2D eigenvalue weighted by Crippen LogP contribution is -2.43. The molecule has 0 spiro atoms. The number of hydrogen-bond donors (Lipinski definition) is 3. The topological polar surface area (TPSA) is 108 Å². The maximum atomic E-state index is 12.9. The van der Waals surface area contributed by atoms with Crippen LogP contribution in [0.15, 0.2) is 29.2 Å². The number of nitrogens with one attached hydrogen (secondary N) is 2. The Bertz CT molecular complexity index is 687. The Kier molecular flexibility index (Phi) is 6.38. The molecular formula is C17H25N3O5S. The fourth-order valence-corrected chi connectivity index (χ4v) is 4.00. The molecule has 1 fully saturated rings. The van der Waals surface area contributed by atoms with Gasteiger partial charge in [-0.25, -0.2) is 14.0 Å². The van der Waals surface area contributed by atoms with Crippen molar-refractivity contribution in [1.82, 2.24) is 15.1 Å². The molecule has 144 valence electrons. The Morgan fingerprint density at radius 3 is 2.38 bits per heavy atom. The van der Waals surface area contributed by atoms with Crippen molar-refractivity contribution >= 4 is 22.8 Å². The summed E-state index contributed by atoms with van der Waals surface area (Å²) in [5.41, 5.74) is 1.05. The minimum absolute atomic E-state index is 0.150. The standard InChI is InChI=1S/C17H25N3O5S/c1-17(2,3)16(22)18-11-9-14(15(21)19-23)20(10-11)26(24)13-7-5-12(25-4)6-8-13/h5-8,11,14,23H,9-10H2,1-4H3,(H,18,22)(H,19,21)/t11-,14-,26?/m1/s1. The highest BCUT2D eigenvalue weighted by Gasteiger charge is 2.41. The van der Waals surface area contributed by atoms with Gasteiger partial charge in [0.05, 0.1) is 12.0 Å². The molecule has 0 aliphatic carbocycles. The summed E-state index contributed by atoms with van der Waals surface area (Å²) in [6, 6.07) is 5.53. The highest BCUT2D eigenvalue weighted by molar-refractivity contribution is 7.82. The molecule has 1 aromatic rings. The van der Waals surface area contributed by atoms with Crippen LogP contribution >= 0.6 is 0 Å². The number of carbonyl (C=O) groups is 2. The van der Waals surface area contributed by atoms with Crippen molar-refractivity contribution in [3.05, 3.63) is 24.3 Å². The summed E-state index contributed by atoms with van der Waals surface area (Å²) in [6.07, 6.45) is 0.260. The van der Waals surface area contributed by atoms with Crippen molar-refractivity contribution in [1.29, 1.82) is 0 Å². The van der Waals surface area contributed by atoms with Gasteiger partial charge in [0, 0.05) is 18.0 Å². The highest BCUT2D eigenvalue weighted by Crippen LogP contribution is 2.26. The fourth-order valence-electron chi connectivity index (χ4n) is 2.64. The van der Waals surface area contributed by atoms with E-state index < -0.39 is 28.3 Å². The summed E-state index contributed by atoms with van der Waals surface area (Å²) in [4.78, 5) is 24.7. The van der Waals surface area contributed by atoms with Crippen molar-refractivity contribution in [2.24, 2.45) is 5.41 Å². The third-order valence-corrected chi connectivity index (χ3v) is 5.66. The third-order valence-electron chi connectivity index (χ3n) is 4.16. The molecule has 1 heterocycles. The van der Waals surface area contributed by atoms with Crippen LogP contribution in [0.1, 0.15) is 27.2 Å². The summed E-state index contributed by atoms with van der Waals surface area (Å²) in [5, 5.41) is 11.9. The van der Waals surface area contributed by atoms with E-state index in [1.54, 1.807) is 50.5 Å². The molecular weight excluding hydrogens is 358 g/mol. The van der Waals surface area contributed by atoms with Gasteiger partial charge in [0.2, 0.25) is 5.91 Å². The quantitative estimate of drug-likeness (QED) is 0.516. The Morgan fingerprint density at radius 2 is 1.88 bits per heavy atom. The second kappa shape index (κ2) is 8.15. The number of carbonyl (C=O) groups excluding carboxylic acids is 2. The normalized spacial score (nSPS) is 21.9. The van der Waals surface area contributed by atoms with E-state index in [9.17, 15) is 13.8 Å².